The molecule has 0 amide bonds. The Labute approximate surface area is 146 Å². The van der Waals surface area contributed by atoms with E-state index in [1.54, 1.807) is 0 Å². The number of morpholine rings is 1. The van der Waals surface area contributed by atoms with Crippen LogP contribution in [-0.4, -0.2) is 45.9 Å². The van der Waals surface area contributed by atoms with Crippen LogP contribution < -0.4 is 15.5 Å². The fourth-order valence-electron chi connectivity index (χ4n) is 2.99. The Balaban J connectivity index is 1.93. The number of hydrogen-bond acceptors (Lipinski definition) is 3. The van der Waals surface area contributed by atoms with Crippen molar-refractivity contribution < 1.29 is 4.74 Å². The summed E-state index contributed by atoms with van der Waals surface area (Å²) in [6.45, 7) is 9.75. The Morgan fingerprint density at radius 3 is 2.54 bits per heavy atom. The average molecular weight is 332 g/mol. The average Bonchev–Trinajstić information content (AvgIpc) is 2.66. The van der Waals surface area contributed by atoms with Crippen molar-refractivity contribution in [3.05, 3.63) is 29.8 Å². The largest absolute Gasteiger partial charge is 0.378 e. The van der Waals surface area contributed by atoms with Gasteiger partial charge in [-0.15, -0.1) is 0 Å². The van der Waals surface area contributed by atoms with Crippen LogP contribution in [-0.2, 0) is 11.3 Å². The standard InChI is InChI=1S/C19H32N4O/c1-4-16(5-2)14-21-19(20-3)22-15-17-8-6-7-9-18(17)23-10-12-24-13-11-23/h6-9,16H,4-5,10-15H2,1-3H3,(H2,20,21,22). The topological polar surface area (TPSA) is 48.9 Å². The van der Waals surface area contributed by atoms with E-state index in [-0.39, 0.29) is 0 Å². The van der Waals surface area contributed by atoms with Gasteiger partial charge >= 0.3 is 0 Å². The first-order valence-corrected chi connectivity index (χ1v) is 9.13. The third kappa shape index (κ3) is 5.41. The summed E-state index contributed by atoms with van der Waals surface area (Å²) in [4.78, 5) is 6.75. The molecule has 0 aliphatic carbocycles. The molecular weight excluding hydrogens is 300 g/mol. The lowest BCUT2D eigenvalue weighted by Crippen LogP contribution is -2.40. The van der Waals surface area contributed by atoms with Gasteiger partial charge in [0.15, 0.2) is 5.96 Å². The lowest BCUT2D eigenvalue weighted by molar-refractivity contribution is 0.122. The number of hydrogen-bond donors (Lipinski definition) is 2. The maximum Gasteiger partial charge on any atom is 0.191 e. The molecule has 1 heterocycles. The number of benzene rings is 1. The minimum absolute atomic E-state index is 0.698. The summed E-state index contributed by atoms with van der Waals surface area (Å²) in [7, 11) is 1.83. The summed E-state index contributed by atoms with van der Waals surface area (Å²) in [5, 5.41) is 6.90. The second-order valence-corrected chi connectivity index (χ2v) is 6.22. The molecule has 1 saturated heterocycles. The zero-order valence-electron chi connectivity index (χ0n) is 15.3. The fraction of sp³-hybridized carbons (Fsp3) is 0.632. The normalized spacial score (nSPS) is 15.7. The van der Waals surface area contributed by atoms with Gasteiger partial charge in [0.1, 0.15) is 0 Å². The van der Waals surface area contributed by atoms with Gasteiger partial charge in [0, 0.05) is 38.9 Å². The van der Waals surface area contributed by atoms with E-state index in [0.29, 0.717) is 5.92 Å². The van der Waals surface area contributed by atoms with Crippen LogP contribution in [0.15, 0.2) is 29.3 Å². The van der Waals surface area contributed by atoms with Crippen LogP contribution in [0.25, 0.3) is 0 Å². The van der Waals surface area contributed by atoms with Gasteiger partial charge < -0.3 is 20.3 Å². The molecule has 1 fully saturated rings. The van der Waals surface area contributed by atoms with Crippen LogP contribution in [0.1, 0.15) is 32.3 Å². The number of ether oxygens (including phenoxy) is 1. The summed E-state index contributed by atoms with van der Waals surface area (Å²) in [6.07, 6.45) is 2.39. The van der Waals surface area contributed by atoms with Crippen LogP contribution in [0, 0.1) is 5.92 Å². The van der Waals surface area contributed by atoms with Crippen LogP contribution in [0.4, 0.5) is 5.69 Å². The van der Waals surface area contributed by atoms with Crippen LogP contribution in [0.3, 0.4) is 0 Å². The second kappa shape index (κ2) is 10.2. The van der Waals surface area contributed by atoms with Crippen molar-refractivity contribution in [2.45, 2.75) is 33.2 Å². The highest BCUT2D eigenvalue weighted by Gasteiger charge is 2.14. The molecule has 134 valence electrons. The van der Waals surface area contributed by atoms with Crippen molar-refractivity contribution in [2.75, 3.05) is 44.8 Å². The fourth-order valence-corrected chi connectivity index (χ4v) is 2.99. The highest BCUT2D eigenvalue weighted by molar-refractivity contribution is 5.79. The van der Waals surface area contributed by atoms with Crippen molar-refractivity contribution in [3.63, 3.8) is 0 Å². The van der Waals surface area contributed by atoms with E-state index in [1.165, 1.54) is 24.1 Å². The van der Waals surface area contributed by atoms with Crippen LogP contribution in [0.2, 0.25) is 0 Å². The first kappa shape index (κ1) is 18.6. The maximum absolute atomic E-state index is 5.47. The summed E-state index contributed by atoms with van der Waals surface area (Å²) >= 11 is 0. The predicted molar refractivity (Wildman–Crippen MR) is 102 cm³/mol. The van der Waals surface area contributed by atoms with Crippen molar-refractivity contribution in [2.24, 2.45) is 10.9 Å². The van der Waals surface area contributed by atoms with Gasteiger partial charge in [-0.1, -0.05) is 44.9 Å². The molecule has 1 aromatic rings. The molecule has 1 aliphatic heterocycles. The van der Waals surface area contributed by atoms with E-state index in [9.17, 15) is 0 Å². The number of anilines is 1. The Hall–Kier alpha value is -1.75. The molecule has 2 N–H and O–H groups in total. The molecule has 5 nitrogen and oxygen atoms in total. The zero-order valence-corrected chi connectivity index (χ0v) is 15.3. The van der Waals surface area contributed by atoms with Crippen LogP contribution >= 0.6 is 0 Å². The van der Waals surface area contributed by atoms with E-state index in [0.717, 1.165) is 45.4 Å². The van der Waals surface area contributed by atoms with E-state index >= 15 is 0 Å². The Morgan fingerprint density at radius 1 is 1.17 bits per heavy atom. The van der Waals surface area contributed by atoms with Gasteiger partial charge in [-0.05, 0) is 17.5 Å². The first-order valence-electron chi connectivity index (χ1n) is 9.13. The number of nitrogens with one attached hydrogen (secondary N) is 2. The summed E-state index contributed by atoms with van der Waals surface area (Å²) < 4.78 is 5.47. The quantitative estimate of drug-likeness (QED) is 0.595. The Kier molecular flexibility index (Phi) is 7.89. The summed E-state index contributed by atoms with van der Waals surface area (Å²) in [5.74, 6) is 1.57. The van der Waals surface area contributed by atoms with Crippen molar-refractivity contribution in [1.29, 1.82) is 0 Å². The molecule has 24 heavy (non-hydrogen) atoms. The molecule has 1 aliphatic rings. The molecule has 2 rings (SSSR count). The molecule has 0 radical (unpaired) electrons. The zero-order chi connectivity index (χ0) is 17.2. The molecule has 0 bridgehead atoms. The number of nitrogens with zero attached hydrogens (tertiary/aromatic N) is 2. The predicted octanol–water partition coefficient (Wildman–Crippen LogP) is 2.62. The van der Waals surface area contributed by atoms with E-state index < -0.39 is 0 Å². The Bertz CT molecular complexity index is 508. The highest BCUT2D eigenvalue weighted by Crippen LogP contribution is 2.21. The molecule has 5 heteroatoms. The summed E-state index contributed by atoms with van der Waals surface area (Å²) in [5.41, 5.74) is 2.59. The minimum atomic E-state index is 0.698. The molecule has 0 saturated carbocycles. The van der Waals surface area contributed by atoms with Gasteiger partial charge in [0.05, 0.1) is 13.2 Å². The second-order valence-electron chi connectivity index (χ2n) is 6.22. The molecule has 0 atom stereocenters. The smallest absolute Gasteiger partial charge is 0.191 e. The molecule has 0 aromatic heterocycles. The van der Waals surface area contributed by atoms with E-state index in [1.807, 2.05) is 7.05 Å². The number of guanidine groups is 1. The van der Waals surface area contributed by atoms with Gasteiger partial charge in [0.25, 0.3) is 0 Å². The van der Waals surface area contributed by atoms with Crippen molar-refractivity contribution >= 4 is 11.6 Å². The Morgan fingerprint density at radius 2 is 1.88 bits per heavy atom. The molecule has 0 unspecified atom stereocenters. The SMILES string of the molecule is CCC(CC)CNC(=NC)NCc1ccccc1N1CCOCC1. The van der Waals surface area contributed by atoms with Crippen molar-refractivity contribution in [3.8, 4) is 0 Å². The highest BCUT2D eigenvalue weighted by atomic mass is 16.5. The first-order chi connectivity index (χ1) is 11.8. The lowest BCUT2D eigenvalue weighted by Gasteiger charge is -2.30. The monoisotopic (exact) mass is 332 g/mol. The van der Waals surface area contributed by atoms with Gasteiger partial charge in [0.2, 0.25) is 0 Å². The maximum atomic E-state index is 5.47. The van der Waals surface area contributed by atoms with Crippen molar-refractivity contribution in [1.82, 2.24) is 10.6 Å². The number of rotatable bonds is 7. The molecular formula is C19H32N4O. The lowest BCUT2D eigenvalue weighted by atomic mass is 10.0. The van der Waals surface area contributed by atoms with Gasteiger partial charge in [-0.25, -0.2) is 0 Å². The summed E-state index contributed by atoms with van der Waals surface area (Å²) in [6, 6.07) is 8.59. The van der Waals surface area contributed by atoms with E-state index in [4.69, 9.17) is 4.74 Å². The molecule has 1 aromatic carbocycles. The number of para-hydroxylation sites is 1. The molecule has 0 spiro atoms. The minimum Gasteiger partial charge on any atom is -0.378 e. The van der Waals surface area contributed by atoms with Gasteiger partial charge in [-0.3, -0.25) is 4.99 Å². The van der Waals surface area contributed by atoms with E-state index in [2.05, 4.69) is 58.6 Å². The van der Waals surface area contributed by atoms with Crippen LogP contribution in [0.5, 0.6) is 0 Å². The van der Waals surface area contributed by atoms with Gasteiger partial charge in [-0.2, -0.15) is 0 Å². The third-order valence-electron chi connectivity index (χ3n) is 4.73. The number of aliphatic imine (C=N–C) groups is 1. The third-order valence-corrected chi connectivity index (χ3v) is 4.73.